The molecule has 2 N–H and O–H groups in total. The lowest BCUT2D eigenvalue weighted by molar-refractivity contribution is -0.0185. The van der Waals surface area contributed by atoms with E-state index in [2.05, 4.69) is 5.32 Å². The molecule has 1 aliphatic rings. The van der Waals surface area contributed by atoms with E-state index in [1.807, 2.05) is 76.2 Å². The van der Waals surface area contributed by atoms with Gasteiger partial charge >= 0.3 is 6.03 Å². The fourth-order valence-electron chi connectivity index (χ4n) is 4.26. The Morgan fingerprint density at radius 2 is 1.74 bits per heavy atom. The first kappa shape index (κ1) is 25.7. The number of ether oxygens (including phenoxy) is 1. The van der Waals surface area contributed by atoms with Gasteiger partial charge in [0.25, 0.3) is 5.91 Å². The Morgan fingerprint density at radius 1 is 1.12 bits per heavy atom. The van der Waals surface area contributed by atoms with Crippen molar-refractivity contribution in [3.63, 3.8) is 0 Å². The number of nitrogens with one attached hydrogen (secondary N) is 1. The van der Waals surface area contributed by atoms with Gasteiger partial charge in [-0.1, -0.05) is 49.4 Å². The highest BCUT2D eigenvalue weighted by Gasteiger charge is 2.31. The Bertz CT molecular complexity index is 993. The summed E-state index contributed by atoms with van der Waals surface area (Å²) in [5.41, 5.74) is 3.39. The summed E-state index contributed by atoms with van der Waals surface area (Å²) >= 11 is 0. The molecule has 0 saturated carbocycles. The minimum atomic E-state index is -0.360. The zero-order valence-electron chi connectivity index (χ0n) is 20.8. The lowest BCUT2D eigenvalue weighted by atomic mass is 9.94. The Kier molecular flexibility index (Phi) is 8.69. The van der Waals surface area contributed by atoms with Crippen LogP contribution in [0.3, 0.4) is 0 Å². The normalized spacial score (nSPS) is 19.6. The van der Waals surface area contributed by atoms with Crippen LogP contribution in [0.4, 0.5) is 4.79 Å². The van der Waals surface area contributed by atoms with E-state index in [1.54, 1.807) is 16.8 Å². The number of amides is 3. The van der Waals surface area contributed by atoms with Gasteiger partial charge in [0.2, 0.25) is 0 Å². The minimum Gasteiger partial charge on any atom is -0.394 e. The molecule has 0 spiro atoms. The first-order valence-electron chi connectivity index (χ1n) is 11.9. The Labute approximate surface area is 202 Å². The molecule has 34 heavy (non-hydrogen) atoms. The van der Waals surface area contributed by atoms with Crippen molar-refractivity contribution in [3.05, 3.63) is 59.7 Å². The molecule has 0 unspecified atom stereocenters. The summed E-state index contributed by atoms with van der Waals surface area (Å²) in [6.07, 6.45) is -0.307. The van der Waals surface area contributed by atoms with Gasteiger partial charge in [-0.05, 0) is 43.5 Å². The van der Waals surface area contributed by atoms with E-state index in [0.29, 0.717) is 25.3 Å². The highest BCUT2D eigenvalue weighted by atomic mass is 16.5. The first-order valence-corrected chi connectivity index (χ1v) is 11.9. The quantitative estimate of drug-likeness (QED) is 0.702. The second-order valence-electron chi connectivity index (χ2n) is 9.50. The van der Waals surface area contributed by atoms with E-state index < -0.39 is 0 Å². The highest BCUT2D eigenvalue weighted by Crippen LogP contribution is 2.31. The van der Waals surface area contributed by atoms with Crippen molar-refractivity contribution in [3.8, 4) is 11.1 Å². The maximum atomic E-state index is 13.8. The molecule has 3 amide bonds. The van der Waals surface area contributed by atoms with E-state index in [9.17, 15) is 14.7 Å². The Morgan fingerprint density at radius 3 is 2.38 bits per heavy atom. The van der Waals surface area contributed by atoms with Gasteiger partial charge in [-0.25, -0.2) is 4.79 Å². The fraction of sp³-hybridized carbons (Fsp3) is 0.481. The summed E-state index contributed by atoms with van der Waals surface area (Å²) in [5, 5.41) is 12.8. The van der Waals surface area contributed by atoms with Gasteiger partial charge in [-0.2, -0.15) is 0 Å². The highest BCUT2D eigenvalue weighted by molar-refractivity contribution is 6.01. The number of likely N-dealkylation sites (N-methyl/N-ethyl adjacent to an activating group) is 1. The molecule has 3 rings (SSSR count). The average Bonchev–Trinajstić information content (AvgIpc) is 2.84. The Balaban J connectivity index is 2.02. The molecular formula is C27H37N3O4. The van der Waals surface area contributed by atoms with E-state index in [4.69, 9.17) is 4.74 Å². The number of aliphatic hydroxyl groups excluding tert-OH is 1. The summed E-state index contributed by atoms with van der Waals surface area (Å²) in [6, 6.07) is 15.0. The lowest BCUT2D eigenvalue weighted by Crippen LogP contribution is -2.49. The van der Waals surface area contributed by atoms with Crippen LogP contribution in [0, 0.1) is 5.92 Å². The molecule has 7 nitrogen and oxygen atoms in total. The van der Waals surface area contributed by atoms with Crippen LogP contribution < -0.4 is 5.32 Å². The summed E-state index contributed by atoms with van der Waals surface area (Å²) in [5.74, 6) is -0.199. The minimum absolute atomic E-state index is 0.0322. The molecule has 0 fully saturated rings. The number of rotatable bonds is 5. The number of hydrogen-bond donors (Lipinski definition) is 2. The molecule has 1 aliphatic heterocycles. The predicted molar refractivity (Wildman–Crippen MR) is 134 cm³/mol. The second kappa shape index (κ2) is 11.5. The lowest BCUT2D eigenvalue weighted by Gasteiger charge is -2.35. The van der Waals surface area contributed by atoms with Crippen molar-refractivity contribution in [2.24, 2.45) is 5.92 Å². The fourth-order valence-corrected chi connectivity index (χ4v) is 4.26. The van der Waals surface area contributed by atoms with Crippen molar-refractivity contribution in [1.29, 1.82) is 0 Å². The average molecular weight is 468 g/mol. The van der Waals surface area contributed by atoms with Crippen LogP contribution in [0.1, 0.15) is 43.6 Å². The van der Waals surface area contributed by atoms with Crippen LogP contribution in [-0.4, -0.2) is 71.8 Å². The van der Waals surface area contributed by atoms with Gasteiger partial charge in [-0.3, -0.25) is 4.79 Å². The van der Waals surface area contributed by atoms with E-state index >= 15 is 0 Å². The monoisotopic (exact) mass is 467 g/mol. The molecule has 0 radical (unpaired) electrons. The van der Waals surface area contributed by atoms with Crippen molar-refractivity contribution in [2.75, 3.05) is 26.7 Å². The number of fused-ring (bicyclic) bond motifs is 3. The predicted octanol–water partition coefficient (Wildman–Crippen LogP) is 3.76. The molecule has 2 aromatic carbocycles. The van der Waals surface area contributed by atoms with Crippen LogP contribution in [0.5, 0.6) is 0 Å². The topological polar surface area (TPSA) is 82.1 Å². The van der Waals surface area contributed by atoms with Gasteiger partial charge in [0.05, 0.1) is 25.4 Å². The maximum absolute atomic E-state index is 13.8. The third-order valence-corrected chi connectivity index (χ3v) is 6.31. The first-order chi connectivity index (χ1) is 16.2. The third-order valence-electron chi connectivity index (χ3n) is 6.31. The van der Waals surface area contributed by atoms with Gasteiger partial charge in [0.15, 0.2) is 0 Å². The zero-order valence-corrected chi connectivity index (χ0v) is 20.8. The Hall–Kier alpha value is -2.90. The molecule has 0 saturated heterocycles. The summed E-state index contributed by atoms with van der Waals surface area (Å²) < 4.78 is 6.43. The van der Waals surface area contributed by atoms with Crippen LogP contribution >= 0.6 is 0 Å². The van der Waals surface area contributed by atoms with Crippen molar-refractivity contribution in [1.82, 2.24) is 15.1 Å². The number of nitrogens with zero attached hydrogens (tertiary/aromatic N) is 2. The number of carbonyl (C=O) groups excluding carboxylic acids is 2. The number of aliphatic hydroxyl groups is 1. The van der Waals surface area contributed by atoms with E-state index in [0.717, 1.165) is 16.7 Å². The molecule has 2 aromatic rings. The summed E-state index contributed by atoms with van der Waals surface area (Å²) in [6.45, 7) is 8.72. The molecule has 184 valence electrons. The number of urea groups is 1. The number of benzene rings is 2. The van der Waals surface area contributed by atoms with Crippen molar-refractivity contribution >= 4 is 11.9 Å². The largest absolute Gasteiger partial charge is 0.394 e. The number of carbonyl (C=O) groups is 2. The van der Waals surface area contributed by atoms with E-state index in [1.165, 1.54) is 0 Å². The van der Waals surface area contributed by atoms with Gasteiger partial charge in [0, 0.05) is 37.7 Å². The van der Waals surface area contributed by atoms with Crippen LogP contribution in [0.25, 0.3) is 11.1 Å². The summed E-state index contributed by atoms with van der Waals surface area (Å²) in [7, 11) is 1.75. The molecule has 7 heteroatoms. The molecule has 0 bridgehead atoms. The van der Waals surface area contributed by atoms with Gasteiger partial charge < -0.3 is 25.0 Å². The molecular weight excluding hydrogens is 430 g/mol. The van der Waals surface area contributed by atoms with Gasteiger partial charge in [0.1, 0.15) is 0 Å². The van der Waals surface area contributed by atoms with Crippen molar-refractivity contribution in [2.45, 2.75) is 52.5 Å². The maximum Gasteiger partial charge on any atom is 0.317 e. The molecule has 3 atom stereocenters. The zero-order chi connectivity index (χ0) is 24.8. The molecule has 0 aromatic heterocycles. The van der Waals surface area contributed by atoms with Crippen LogP contribution in [0.2, 0.25) is 0 Å². The molecule has 1 heterocycles. The van der Waals surface area contributed by atoms with Crippen LogP contribution in [-0.2, 0) is 11.3 Å². The number of hydrogen-bond acceptors (Lipinski definition) is 4. The van der Waals surface area contributed by atoms with Crippen molar-refractivity contribution < 1.29 is 19.4 Å². The second-order valence-corrected chi connectivity index (χ2v) is 9.50. The smallest absolute Gasteiger partial charge is 0.317 e. The SMILES string of the molecule is CC(C)NC(=O)N(C)C[C@H]1OCc2ccccc2-c2ccccc2C(=O)N([C@H](C)CO)C[C@@H]1C. The van der Waals surface area contributed by atoms with Gasteiger partial charge in [-0.15, -0.1) is 0 Å². The van der Waals surface area contributed by atoms with Crippen LogP contribution in [0.15, 0.2) is 48.5 Å². The molecule has 0 aliphatic carbocycles. The third kappa shape index (κ3) is 5.96. The summed E-state index contributed by atoms with van der Waals surface area (Å²) in [4.78, 5) is 29.7. The van der Waals surface area contributed by atoms with E-state index in [-0.39, 0.29) is 42.7 Å². The standard InChI is InChI=1S/C27H37N3O4/c1-18(2)28-27(33)29(5)15-25-19(3)14-30(20(4)16-31)26(32)24-13-9-8-12-23(24)22-11-7-6-10-21(22)17-34-25/h6-13,18-20,25,31H,14-17H2,1-5H3,(H,28,33)/t19-,20+,25+/m0/s1.